The predicted octanol–water partition coefficient (Wildman–Crippen LogP) is 0.247. The average Bonchev–Trinajstić information content (AvgIpc) is 2.82. The molecule has 0 aliphatic heterocycles. The van der Waals surface area contributed by atoms with Crippen molar-refractivity contribution < 1.29 is 4.79 Å². The summed E-state index contributed by atoms with van der Waals surface area (Å²) in [5, 5.41) is 4.65. The van der Waals surface area contributed by atoms with Crippen LogP contribution in [0.2, 0.25) is 0 Å². The molecular weight excluding hydrogens is 262 g/mol. The van der Waals surface area contributed by atoms with Gasteiger partial charge in [-0.1, -0.05) is 42.1 Å². The Kier molecular flexibility index (Phi) is 3.87. The Morgan fingerprint density at radius 3 is 2.63 bits per heavy atom. The molecule has 1 aromatic heterocycles. The van der Waals surface area contributed by atoms with Crippen LogP contribution in [0.4, 0.5) is 0 Å². The number of benzene rings is 1. The zero-order valence-electron chi connectivity index (χ0n) is 10.5. The number of hydrogen-bond donors (Lipinski definition) is 2. The van der Waals surface area contributed by atoms with Crippen LogP contribution in [-0.2, 0) is 17.4 Å². The van der Waals surface area contributed by atoms with Gasteiger partial charge in [-0.2, -0.15) is 5.10 Å². The van der Waals surface area contributed by atoms with E-state index in [2.05, 4.69) is 10.1 Å². The fourth-order valence-electron chi connectivity index (χ4n) is 1.63. The maximum Gasteiger partial charge on any atom is 0.243 e. The largest absolute Gasteiger partial charge is 0.368 e. The SMILES string of the molecule is Cn1ncnc1SCC(N)(C(N)=O)c1ccccc1. The number of amides is 1. The number of thioether (sulfide) groups is 1. The Balaban J connectivity index is 2.22. The molecule has 0 aliphatic carbocycles. The molecule has 1 aromatic carbocycles. The molecule has 1 amide bonds. The molecule has 1 heterocycles. The van der Waals surface area contributed by atoms with Gasteiger partial charge >= 0.3 is 0 Å². The molecule has 0 radical (unpaired) electrons. The first-order valence-electron chi connectivity index (χ1n) is 5.65. The highest BCUT2D eigenvalue weighted by Crippen LogP contribution is 2.26. The third kappa shape index (κ3) is 2.77. The minimum absolute atomic E-state index is 0.304. The molecule has 0 saturated heterocycles. The molecule has 0 aliphatic rings. The molecule has 1 atom stereocenters. The fourth-order valence-corrected chi connectivity index (χ4v) is 2.65. The minimum atomic E-state index is -1.22. The third-order valence-electron chi connectivity index (χ3n) is 2.83. The monoisotopic (exact) mass is 277 g/mol. The zero-order valence-corrected chi connectivity index (χ0v) is 11.3. The molecule has 19 heavy (non-hydrogen) atoms. The molecule has 100 valence electrons. The summed E-state index contributed by atoms with van der Waals surface area (Å²) in [7, 11) is 1.78. The lowest BCUT2D eigenvalue weighted by atomic mass is 9.92. The summed E-state index contributed by atoms with van der Waals surface area (Å²) in [5.41, 5.74) is 11.1. The lowest BCUT2D eigenvalue weighted by molar-refractivity contribution is -0.122. The summed E-state index contributed by atoms with van der Waals surface area (Å²) in [5.74, 6) is -0.257. The summed E-state index contributed by atoms with van der Waals surface area (Å²) in [4.78, 5) is 15.8. The summed E-state index contributed by atoms with van der Waals surface area (Å²) < 4.78 is 1.62. The van der Waals surface area contributed by atoms with E-state index in [4.69, 9.17) is 11.5 Å². The van der Waals surface area contributed by atoms with Crippen LogP contribution in [0.5, 0.6) is 0 Å². The van der Waals surface area contributed by atoms with Crippen molar-refractivity contribution in [3.63, 3.8) is 0 Å². The molecule has 1 unspecified atom stereocenters. The third-order valence-corrected chi connectivity index (χ3v) is 4.05. The molecular formula is C12H15N5OS. The topological polar surface area (TPSA) is 99.8 Å². The second kappa shape index (κ2) is 5.41. The van der Waals surface area contributed by atoms with Crippen molar-refractivity contribution in [3.8, 4) is 0 Å². The number of nitrogens with two attached hydrogens (primary N) is 2. The smallest absolute Gasteiger partial charge is 0.243 e. The molecule has 0 bridgehead atoms. The first kappa shape index (κ1) is 13.6. The van der Waals surface area contributed by atoms with Crippen molar-refractivity contribution in [1.82, 2.24) is 14.8 Å². The van der Waals surface area contributed by atoms with Gasteiger partial charge < -0.3 is 11.5 Å². The normalized spacial score (nSPS) is 14.0. The van der Waals surface area contributed by atoms with Crippen LogP contribution in [0.25, 0.3) is 0 Å². The van der Waals surface area contributed by atoms with Gasteiger partial charge in [0.05, 0.1) is 0 Å². The highest BCUT2D eigenvalue weighted by molar-refractivity contribution is 7.99. The summed E-state index contributed by atoms with van der Waals surface area (Å²) >= 11 is 1.35. The standard InChI is InChI=1S/C12H15N5OS/c1-17-11(15-8-16-17)19-7-12(14,10(13)18)9-5-3-2-4-6-9/h2-6,8H,7,14H2,1H3,(H2,13,18). The first-order chi connectivity index (χ1) is 9.04. The number of aryl methyl sites for hydroxylation is 1. The van der Waals surface area contributed by atoms with Crippen LogP contribution < -0.4 is 11.5 Å². The lowest BCUT2D eigenvalue weighted by Gasteiger charge is -2.25. The number of carbonyl (C=O) groups excluding carboxylic acids is 1. The summed E-state index contributed by atoms with van der Waals surface area (Å²) in [6, 6.07) is 9.10. The molecule has 6 nitrogen and oxygen atoms in total. The van der Waals surface area contributed by atoms with Crippen LogP contribution in [0.1, 0.15) is 5.56 Å². The van der Waals surface area contributed by atoms with Gasteiger partial charge in [0.1, 0.15) is 11.9 Å². The maximum atomic E-state index is 11.7. The predicted molar refractivity (Wildman–Crippen MR) is 73.2 cm³/mol. The van der Waals surface area contributed by atoms with E-state index in [0.717, 1.165) is 0 Å². The van der Waals surface area contributed by atoms with E-state index in [1.807, 2.05) is 18.2 Å². The molecule has 7 heteroatoms. The molecule has 4 N–H and O–H groups in total. The summed E-state index contributed by atoms with van der Waals surface area (Å²) in [6.07, 6.45) is 1.45. The van der Waals surface area contributed by atoms with Crippen LogP contribution in [0.15, 0.2) is 41.8 Å². The van der Waals surface area contributed by atoms with Gasteiger partial charge in [-0.05, 0) is 5.56 Å². The van der Waals surface area contributed by atoms with E-state index >= 15 is 0 Å². The average molecular weight is 277 g/mol. The second-order valence-corrected chi connectivity index (χ2v) is 5.10. The number of rotatable bonds is 5. The Hall–Kier alpha value is -1.86. The van der Waals surface area contributed by atoms with Crippen molar-refractivity contribution >= 4 is 17.7 Å². The molecule has 0 spiro atoms. The van der Waals surface area contributed by atoms with Crippen LogP contribution in [0.3, 0.4) is 0 Å². The van der Waals surface area contributed by atoms with Gasteiger partial charge in [-0.3, -0.25) is 4.79 Å². The first-order valence-corrected chi connectivity index (χ1v) is 6.63. The van der Waals surface area contributed by atoms with E-state index in [1.165, 1.54) is 18.1 Å². The van der Waals surface area contributed by atoms with Crippen molar-refractivity contribution in [2.24, 2.45) is 18.5 Å². The van der Waals surface area contributed by atoms with Crippen molar-refractivity contribution in [2.75, 3.05) is 5.75 Å². The number of primary amides is 1. The van der Waals surface area contributed by atoms with Gasteiger partial charge in [0.15, 0.2) is 5.16 Å². The van der Waals surface area contributed by atoms with E-state index in [-0.39, 0.29) is 0 Å². The lowest BCUT2D eigenvalue weighted by Crippen LogP contribution is -2.51. The summed E-state index contributed by atoms with van der Waals surface area (Å²) in [6.45, 7) is 0. The zero-order chi connectivity index (χ0) is 13.9. The number of nitrogens with zero attached hydrogens (tertiary/aromatic N) is 3. The second-order valence-electron chi connectivity index (χ2n) is 4.16. The van der Waals surface area contributed by atoms with Gasteiger partial charge in [0.2, 0.25) is 5.91 Å². The van der Waals surface area contributed by atoms with Gasteiger partial charge in [-0.25, -0.2) is 9.67 Å². The highest BCUT2D eigenvalue weighted by atomic mass is 32.2. The van der Waals surface area contributed by atoms with E-state index in [0.29, 0.717) is 16.5 Å². The number of aromatic nitrogens is 3. The van der Waals surface area contributed by atoms with Crippen molar-refractivity contribution in [1.29, 1.82) is 0 Å². The Bertz CT molecular complexity index is 571. The Labute approximate surface area is 115 Å². The maximum absolute atomic E-state index is 11.7. The molecule has 0 saturated carbocycles. The quantitative estimate of drug-likeness (QED) is 0.763. The van der Waals surface area contributed by atoms with Gasteiger partial charge in [-0.15, -0.1) is 0 Å². The minimum Gasteiger partial charge on any atom is -0.368 e. The molecule has 2 aromatic rings. The van der Waals surface area contributed by atoms with E-state index in [1.54, 1.807) is 23.9 Å². The van der Waals surface area contributed by atoms with E-state index < -0.39 is 11.4 Å². The fraction of sp³-hybridized carbons (Fsp3) is 0.250. The number of carbonyl (C=O) groups is 1. The van der Waals surface area contributed by atoms with Crippen LogP contribution in [0, 0.1) is 0 Å². The molecule has 2 rings (SSSR count). The van der Waals surface area contributed by atoms with E-state index in [9.17, 15) is 4.79 Å². The van der Waals surface area contributed by atoms with Crippen molar-refractivity contribution in [2.45, 2.75) is 10.7 Å². The van der Waals surface area contributed by atoms with Gasteiger partial charge in [0, 0.05) is 12.8 Å². The van der Waals surface area contributed by atoms with Gasteiger partial charge in [0.25, 0.3) is 0 Å². The van der Waals surface area contributed by atoms with Crippen molar-refractivity contribution in [3.05, 3.63) is 42.2 Å². The van der Waals surface area contributed by atoms with Crippen LogP contribution >= 0.6 is 11.8 Å². The van der Waals surface area contributed by atoms with Crippen LogP contribution in [-0.4, -0.2) is 26.4 Å². The highest BCUT2D eigenvalue weighted by Gasteiger charge is 2.34. The Morgan fingerprint density at radius 2 is 2.11 bits per heavy atom. The molecule has 0 fully saturated rings. The Morgan fingerprint density at radius 1 is 1.42 bits per heavy atom. The number of hydrogen-bond acceptors (Lipinski definition) is 5.